The van der Waals surface area contributed by atoms with Crippen LogP contribution in [0.25, 0.3) is 0 Å². The summed E-state index contributed by atoms with van der Waals surface area (Å²) in [5.41, 5.74) is 0. The van der Waals surface area contributed by atoms with E-state index in [0.29, 0.717) is 0 Å². The molecule has 16 heavy (non-hydrogen) atoms. The first-order valence-electron chi connectivity index (χ1n) is 4.81. The van der Waals surface area contributed by atoms with Crippen LogP contribution < -0.4 is 5.32 Å². The minimum atomic E-state index is -1.82. The highest BCUT2D eigenvalue weighted by atomic mass is 32.1. The van der Waals surface area contributed by atoms with Crippen LogP contribution >= 0.6 is 11.3 Å². The van der Waals surface area contributed by atoms with Crippen LogP contribution in [0.4, 0.5) is 0 Å². The molecule has 0 radical (unpaired) electrons. The largest absolute Gasteiger partial charge is 0.473 e. The first-order chi connectivity index (χ1) is 7.59. The Morgan fingerprint density at radius 2 is 2.00 bits per heavy atom. The topological polar surface area (TPSA) is 86.6 Å². The van der Waals surface area contributed by atoms with Crippen LogP contribution in [0.15, 0.2) is 17.5 Å². The lowest BCUT2D eigenvalue weighted by atomic mass is 10.4. The summed E-state index contributed by atoms with van der Waals surface area (Å²) in [6, 6.07) is 5.12. The maximum absolute atomic E-state index is 9.10. The van der Waals surface area contributed by atoms with E-state index in [1.165, 1.54) is 17.7 Å². The second-order valence-electron chi connectivity index (χ2n) is 3.34. The molecule has 1 aromatic heterocycles. The van der Waals surface area contributed by atoms with E-state index in [4.69, 9.17) is 19.8 Å². The number of carboxylic acid groups (broad SMARTS) is 2. The Labute approximate surface area is 96.7 Å². The van der Waals surface area contributed by atoms with Gasteiger partial charge in [0.05, 0.1) is 0 Å². The van der Waals surface area contributed by atoms with E-state index in [1.807, 2.05) is 11.3 Å². The van der Waals surface area contributed by atoms with Crippen LogP contribution in [0.3, 0.4) is 0 Å². The van der Waals surface area contributed by atoms with E-state index in [1.54, 1.807) is 0 Å². The van der Waals surface area contributed by atoms with Crippen molar-refractivity contribution in [1.82, 2.24) is 5.32 Å². The summed E-state index contributed by atoms with van der Waals surface area (Å²) in [5, 5.41) is 20.4. The molecule has 3 N–H and O–H groups in total. The first kappa shape index (κ1) is 12.7. The Bertz CT molecular complexity index is 334. The minimum Gasteiger partial charge on any atom is -0.473 e. The Morgan fingerprint density at radius 3 is 2.38 bits per heavy atom. The standard InChI is InChI=1S/C8H11NS.C2H2O4/c1-2-8(10-5-1)6-9-7-3-4-7;3-1(4)2(5)6/h1-2,5,7,9H,3-4,6H2;(H,3,4)(H,5,6). The quantitative estimate of drug-likeness (QED) is 0.693. The van der Waals surface area contributed by atoms with E-state index in [9.17, 15) is 0 Å². The highest BCUT2D eigenvalue weighted by Crippen LogP contribution is 2.19. The zero-order valence-corrected chi connectivity index (χ0v) is 9.37. The van der Waals surface area contributed by atoms with Gasteiger partial charge < -0.3 is 15.5 Å². The average molecular weight is 243 g/mol. The third-order valence-electron chi connectivity index (χ3n) is 1.91. The van der Waals surface area contributed by atoms with E-state index in [-0.39, 0.29) is 0 Å². The molecule has 2 rings (SSSR count). The average Bonchev–Trinajstić information content (AvgIpc) is 2.92. The van der Waals surface area contributed by atoms with E-state index in [0.717, 1.165) is 12.6 Å². The van der Waals surface area contributed by atoms with Gasteiger partial charge in [-0.25, -0.2) is 9.59 Å². The number of rotatable bonds is 3. The molecule has 0 aliphatic heterocycles. The summed E-state index contributed by atoms with van der Waals surface area (Å²) >= 11 is 1.83. The lowest BCUT2D eigenvalue weighted by Crippen LogP contribution is -2.14. The van der Waals surface area contributed by atoms with Gasteiger partial charge in [-0.1, -0.05) is 6.07 Å². The number of nitrogens with one attached hydrogen (secondary N) is 1. The molecule has 0 aromatic carbocycles. The number of thiophene rings is 1. The molecule has 0 amide bonds. The van der Waals surface area contributed by atoms with Gasteiger partial charge in [-0.05, 0) is 24.3 Å². The Morgan fingerprint density at radius 1 is 1.38 bits per heavy atom. The van der Waals surface area contributed by atoms with Gasteiger partial charge in [0.1, 0.15) is 0 Å². The molecule has 5 nitrogen and oxygen atoms in total. The fraction of sp³-hybridized carbons (Fsp3) is 0.400. The molecule has 0 atom stereocenters. The van der Waals surface area contributed by atoms with Crippen LogP contribution in [0.1, 0.15) is 17.7 Å². The fourth-order valence-electron chi connectivity index (χ4n) is 0.946. The number of carbonyl (C=O) groups is 2. The van der Waals surface area contributed by atoms with Crippen LogP contribution in [0.5, 0.6) is 0 Å². The molecule has 1 saturated carbocycles. The SMILES string of the molecule is O=C(O)C(=O)O.c1csc(CNC2CC2)c1. The summed E-state index contributed by atoms with van der Waals surface area (Å²) in [7, 11) is 0. The molecule has 1 fully saturated rings. The zero-order valence-electron chi connectivity index (χ0n) is 8.55. The predicted octanol–water partition coefficient (Wildman–Crippen LogP) is 1.16. The predicted molar refractivity (Wildman–Crippen MR) is 59.5 cm³/mol. The Balaban J connectivity index is 0.000000187. The summed E-state index contributed by atoms with van der Waals surface area (Å²) in [5.74, 6) is -3.65. The van der Waals surface area contributed by atoms with Gasteiger partial charge >= 0.3 is 11.9 Å². The van der Waals surface area contributed by atoms with Gasteiger partial charge in [0.15, 0.2) is 0 Å². The normalized spacial score (nSPS) is 13.8. The van der Waals surface area contributed by atoms with Crippen molar-refractivity contribution in [2.75, 3.05) is 0 Å². The molecule has 0 saturated heterocycles. The Hall–Kier alpha value is -1.40. The van der Waals surface area contributed by atoms with Crippen molar-refractivity contribution < 1.29 is 19.8 Å². The van der Waals surface area contributed by atoms with Crippen molar-refractivity contribution in [1.29, 1.82) is 0 Å². The first-order valence-corrected chi connectivity index (χ1v) is 5.69. The van der Waals surface area contributed by atoms with Gasteiger partial charge in [-0.3, -0.25) is 0 Å². The molecule has 1 aliphatic rings. The summed E-state index contributed by atoms with van der Waals surface area (Å²) in [6.45, 7) is 1.07. The van der Waals surface area contributed by atoms with Gasteiger partial charge in [-0.15, -0.1) is 11.3 Å². The molecular formula is C10H13NO4S. The molecule has 1 heterocycles. The minimum absolute atomic E-state index is 0.835. The van der Waals surface area contributed by atoms with Crippen molar-refractivity contribution >= 4 is 23.3 Å². The number of carboxylic acids is 2. The molecular weight excluding hydrogens is 230 g/mol. The number of aliphatic carboxylic acids is 2. The smallest absolute Gasteiger partial charge is 0.414 e. The molecule has 0 unspecified atom stereocenters. The van der Waals surface area contributed by atoms with Crippen molar-refractivity contribution in [3.8, 4) is 0 Å². The second kappa shape index (κ2) is 6.24. The van der Waals surface area contributed by atoms with Crippen LogP contribution in [-0.4, -0.2) is 28.2 Å². The van der Waals surface area contributed by atoms with E-state index < -0.39 is 11.9 Å². The molecule has 6 heteroatoms. The highest BCUT2D eigenvalue weighted by Gasteiger charge is 2.19. The molecule has 1 aliphatic carbocycles. The maximum atomic E-state index is 9.10. The third kappa shape index (κ3) is 5.47. The molecule has 0 bridgehead atoms. The van der Waals surface area contributed by atoms with Crippen molar-refractivity contribution in [3.05, 3.63) is 22.4 Å². The van der Waals surface area contributed by atoms with Gasteiger partial charge in [0, 0.05) is 17.5 Å². The van der Waals surface area contributed by atoms with Crippen LogP contribution in [0, 0.1) is 0 Å². The van der Waals surface area contributed by atoms with Gasteiger partial charge in [0.25, 0.3) is 0 Å². The van der Waals surface area contributed by atoms with E-state index in [2.05, 4.69) is 22.8 Å². The maximum Gasteiger partial charge on any atom is 0.414 e. The molecule has 0 spiro atoms. The van der Waals surface area contributed by atoms with Crippen LogP contribution in [-0.2, 0) is 16.1 Å². The van der Waals surface area contributed by atoms with Crippen molar-refractivity contribution in [2.45, 2.75) is 25.4 Å². The molecule has 88 valence electrons. The van der Waals surface area contributed by atoms with Crippen molar-refractivity contribution in [2.24, 2.45) is 0 Å². The summed E-state index contributed by atoms with van der Waals surface area (Å²) in [4.78, 5) is 19.6. The number of hydrogen-bond acceptors (Lipinski definition) is 4. The molecule has 1 aromatic rings. The Kier molecular flexibility index (Phi) is 4.94. The monoisotopic (exact) mass is 243 g/mol. The number of hydrogen-bond donors (Lipinski definition) is 3. The van der Waals surface area contributed by atoms with Crippen molar-refractivity contribution in [3.63, 3.8) is 0 Å². The lowest BCUT2D eigenvalue weighted by Gasteiger charge is -1.96. The van der Waals surface area contributed by atoms with E-state index >= 15 is 0 Å². The fourth-order valence-corrected chi connectivity index (χ4v) is 1.60. The van der Waals surface area contributed by atoms with Gasteiger partial charge in [0.2, 0.25) is 0 Å². The summed E-state index contributed by atoms with van der Waals surface area (Å²) in [6.07, 6.45) is 2.76. The summed E-state index contributed by atoms with van der Waals surface area (Å²) < 4.78 is 0. The van der Waals surface area contributed by atoms with Crippen LogP contribution in [0.2, 0.25) is 0 Å². The van der Waals surface area contributed by atoms with Gasteiger partial charge in [-0.2, -0.15) is 0 Å². The highest BCUT2D eigenvalue weighted by molar-refractivity contribution is 7.09. The zero-order chi connectivity index (χ0) is 12.0. The second-order valence-corrected chi connectivity index (χ2v) is 4.38. The lowest BCUT2D eigenvalue weighted by molar-refractivity contribution is -0.159. The third-order valence-corrected chi connectivity index (χ3v) is 2.78.